The van der Waals surface area contributed by atoms with Crippen LogP contribution in [-0.4, -0.2) is 23.0 Å². The molecule has 0 spiro atoms. The molecule has 100 valence electrons. The summed E-state index contributed by atoms with van der Waals surface area (Å²) in [4.78, 5) is 8.44. The molecule has 0 amide bonds. The van der Waals surface area contributed by atoms with Crippen LogP contribution in [0.4, 0.5) is 5.82 Å². The smallest absolute Gasteiger partial charge is 0.231 e. The first-order valence-electron chi connectivity index (χ1n) is 5.74. The Morgan fingerprint density at radius 3 is 2.85 bits per heavy atom. The first kappa shape index (κ1) is 12.6. The van der Waals surface area contributed by atoms with E-state index in [1.807, 2.05) is 12.3 Å². The van der Waals surface area contributed by atoms with Crippen LogP contribution in [0.5, 0.6) is 11.5 Å². The van der Waals surface area contributed by atoms with Crippen molar-refractivity contribution < 1.29 is 9.47 Å². The number of anilines is 1. The van der Waals surface area contributed by atoms with Crippen LogP contribution >= 0.6 is 11.8 Å². The molecule has 0 aliphatic carbocycles. The highest BCUT2D eigenvalue weighted by Crippen LogP contribution is 2.37. The second-order valence-corrected chi connectivity index (χ2v) is 4.77. The maximum Gasteiger partial charge on any atom is 0.231 e. The molecule has 0 saturated carbocycles. The van der Waals surface area contributed by atoms with Crippen LogP contribution in [0.15, 0.2) is 23.4 Å². The topological polar surface area (TPSA) is 94.0 Å². The minimum atomic E-state index is 0.180. The fraction of sp³-hybridized carbons (Fsp3) is 0.154. The van der Waals surface area contributed by atoms with Crippen molar-refractivity contribution >= 4 is 17.6 Å². The van der Waals surface area contributed by atoms with Gasteiger partial charge in [0.1, 0.15) is 17.5 Å². The zero-order valence-corrected chi connectivity index (χ0v) is 11.4. The molecule has 20 heavy (non-hydrogen) atoms. The van der Waals surface area contributed by atoms with Gasteiger partial charge in [-0.05, 0) is 24.5 Å². The number of benzene rings is 1. The van der Waals surface area contributed by atoms with E-state index in [1.165, 1.54) is 11.8 Å². The Morgan fingerprint density at radius 1 is 1.30 bits per heavy atom. The summed E-state index contributed by atoms with van der Waals surface area (Å²) < 4.78 is 10.6. The molecule has 3 rings (SSSR count). The van der Waals surface area contributed by atoms with Gasteiger partial charge in [-0.25, -0.2) is 9.97 Å². The quantitative estimate of drug-likeness (QED) is 0.666. The van der Waals surface area contributed by atoms with Gasteiger partial charge in [-0.15, -0.1) is 0 Å². The third-order valence-corrected chi connectivity index (χ3v) is 3.40. The van der Waals surface area contributed by atoms with E-state index in [0.717, 1.165) is 5.56 Å². The second-order valence-electron chi connectivity index (χ2n) is 4.00. The SMILES string of the molecule is CSc1nc(N)c(C#N)c(-c2ccc3c(c2)OCO3)n1. The van der Waals surface area contributed by atoms with Gasteiger partial charge >= 0.3 is 0 Å². The predicted octanol–water partition coefficient (Wildman–Crippen LogP) is 2.05. The number of thioether (sulfide) groups is 1. The van der Waals surface area contributed by atoms with Crippen LogP contribution in [0.1, 0.15) is 5.56 Å². The van der Waals surface area contributed by atoms with Crippen molar-refractivity contribution in [2.24, 2.45) is 0 Å². The standard InChI is InChI=1S/C13H10N4O2S/c1-20-13-16-11(8(5-14)12(15)17-13)7-2-3-9-10(4-7)19-6-18-9/h2-4H,6H2,1H3,(H2,15,16,17). The van der Waals surface area contributed by atoms with Gasteiger partial charge in [-0.1, -0.05) is 11.8 Å². The van der Waals surface area contributed by atoms with Crippen LogP contribution in [0.2, 0.25) is 0 Å². The van der Waals surface area contributed by atoms with Crippen molar-refractivity contribution in [3.63, 3.8) is 0 Å². The monoisotopic (exact) mass is 286 g/mol. The number of fused-ring (bicyclic) bond motifs is 1. The van der Waals surface area contributed by atoms with Crippen molar-refractivity contribution in [3.8, 4) is 28.8 Å². The Labute approximate surface area is 119 Å². The summed E-state index contributed by atoms with van der Waals surface area (Å²) in [5.74, 6) is 1.49. The molecule has 7 heteroatoms. The fourth-order valence-corrected chi connectivity index (χ4v) is 2.28. The number of hydrogen-bond donors (Lipinski definition) is 1. The molecule has 0 radical (unpaired) electrons. The molecule has 2 N–H and O–H groups in total. The van der Waals surface area contributed by atoms with Gasteiger partial charge in [-0.2, -0.15) is 5.26 Å². The highest BCUT2D eigenvalue weighted by atomic mass is 32.2. The largest absolute Gasteiger partial charge is 0.454 e. The third-order valence-electron chi connectivity index (χ3n) is 2.86. The maximum atomic E-state index is 9.24. The lowest BCUT2D eigenvalue weighted by Gasteiger charge is -2.08. The Bertz CT molecular complexity index is 727. The molecule has 6 nitrogen and oxygen atoms in total. The van der Waals surface area contributed by atoms with Crippen molar-refractivity contribution in [3.05, 3.63) is 23.8 Å². The van der Waals surface area contributed by atoms with Gasteiger partial charge in [0, 0.05) is 5.56 Å². The number of nitrogens with two attached hydrogens (primary N) is 1. The van der Waals surface area contributed by atoms with Crippen LogP contribution in [0.3, 0.4) is 0 Å². The molecule has 2 heterocycles. The van der Waals surface area contributed by atoms with E-state index in [4.69, 9.17) is 15.2 Å². The lowest BCUT2D eigenvalue weighted by atomic mass is 10.1. The predicted molar refractivity (Wildman–Crippen MR) is 74.5 cm³/mol. The first-order chi connectivity index (χ1) is 9.72. The van der Waals surface area contributed by atoms with Gasteiger partial charge in [0.15, 0.2) is 16.7 Å². The average Bonchev–Trinajstić information content (AvgIpc) is 2.93. The summed E-state index contributed by atoms with van der Waals surface area (Å²) in [5.41, 5.74) is 7.33. The summed E-state index contributed by atoms with van der Waals surface area (Å²) in [6, 6.07) is 7.44. The summed E-state index contributed by atoms with van der Waals surface area (Å²) in [5, 5.41) is 9.77. The molecule has 0 atom stereocenters. The van der Waals surface area contributed by atoms with Crippen LogP contribution in [0.25, 0.3) is 11.3 Å². The van der Waals surface area contributed by atoms with Crippen LogP contribution in [-0.2, 0) is 0 Å². The Kier molecular flexibility index (Phi) is 3.08. The minimum absolute atomic E-state index is 0.180. The summed E-state index contributed by atoms with van der Waals surface area (Å²) in [6.45, 7) is 0.200. The molecular formula is C13H10N4O2S. The summed E-state index contributed by atoms with van der Waals surface area (Å²) in [6.07, 6.45) is 1.85. The Morgan fingerprint density at radius 2 is 2.10 bits per heavy atom. The fourth-order valence-electron chi connectivity index (χ4n) is 1.91. The molecule has 2 aromatic rings. The second kappa shape index (κ2) is 4.90. The summed E-state index contributed by atoms with van der Waals surface area (Å²) in [7, 11) is 0. The van der Waals surface area contributed by atoms with Crippen molar-refractivity contribution in [1.29, 1.82) is 5.26 Å². The lowest BCUT2D eigenvalue weighted by Crippen LogP contribution is -2.02. The number of nitrogens with zero attached hydrogens (tertiary/aromatic N) is 3. The van der Waals surface area contributed by atoms with Gasteiger partial charge in [0.25, 0.3) is 0 Å². The van der Waals surface area contributed by atoms with Crippen molar-refractivity contribution in [2.45, 2.75) is 5.16 Å². The number of ether oxygens (including phenoxy) is 2. The zero-order valence-electron chi connectivity index (χ0n) is 10.6. The van der Waals surface area contributed by atoms with Gasteiger partial charge in [-0.3, -0.25) is 0 Å². The third kappa shape index (κ3) is 2.00. The Balaban J connectivity index is 2.18. The average molecular weight is 286 g/mol. The highest BCUT2D eigenvalue weighted by molar-refractivity contribution is 7.98. The number of aromatic nitrogens is 2. The number of nitriles is 1. The lowest BCUT2D eigenvalue weighted by molar-refractivity contribution is 0.174. The van der Waals surface area contributed by atoms with Gasteiger partial charge in [0.2, 0.25) is 6.79 Å². The van der Waals surface area contributed by atoms with Crippen LogP contribution < -0.4 is 15.2 Å². The van der Waals surface area contributed by atoms with E-state index in [1.54, 1.807) is 12.1 Å². The molecule has 0 fully saturated rings. The molecular weight excluding hydrogens is 276 g/mol. The Hall–Kier alpha value is -2.46. The molecule has 1 aliphatic heterocycles. The first-order valence-corrected chi connectivity index (χ1v) is 6.97. The molecule has 0 bridgehead atoms. The minimum Gasteiger partial charge on any atom is -0.454 e. The van der Waals surface area contributed by atoms with E-state index in [2.05, 4.69) is 16.0 Å². The highest BCUT2D eigenvalue weighted by Gasteiger charge is 2.18. The van der Waals surface area contributed by atoms with E-state index in [9.17, 15) is 5.26 Å². The van der Waals surface area contributed by atoms with E-state index in [-0.39, 0.29) is 18.2 Å². The van der Waals surface area contributed by atoms with Crippen molar-refractivity contribution in [2.75, 3.05) is 18.8 Å². The number of hydrogen-bond acceptors (Lipinski definition) is 7. The normalized spacial score (nSPS) is 12.2. The molecule has 0 unspecified atom stereocenters. The molecule has 1 aromatic carbocycles. The maximum absolute atomic E-state index is 9.24. The van der Waals surface area contributed by atoms with Gasteiger partial charge in [0.05, 0.1) is 5.69 Å². The van der Waals surface area contributed by atoms with E-state index < -0.39 is 0 Å². The molecule has 1 aromatic heterocycles. The molecule has 1 aliphatic rings. The number of rotatable bonds is 2. The van der Waals surface area contributed by atoms with Crippen molar-refractivity contribution in [1.82, 2.24) is 9.97 Å². The van der Waals surface area contributed by atoms with E-state index in [0.29, 0.717) is 22.3 Å². The van der Waals surface area contributed by atoms with E-state index >= 15 is 0 Å². The van der Waals surface area contributed by atoms with Gasteiger partial charge < -0.3 is 15.2 Å². The molecule has 0 saturated heterocycles. The summed E-state index contributed by atoms with van der Waals surface area (Å²) >= 11 is 1.37. The zero-order chi connectivity index (χ0) is 14.1. The number of nitrogen functional groups attached to an aromatic ring is 1. The van der Waals surface area contributed by atoms with Crippen LogP contribution in [0, 0.1) is 11.3 Å².